The van der Waals surface area contributed by atoms with Gasteiger partial charge in [-0.05, 0) is 12.3 Å². The van der Waals surface area contributed by atoms with Crippen LogP contribution in [0.15, 0.2) is 0 Å². The van der Waals surface area contributed by atoms with Crippen molar-refractivity contribution in [2.24, 2.45) is 5.92 Å². The molecule has 0 aliphatic heterocycles. The third-order valence-electron chi connectivity index (χ3n) is 2.12. The first-order chi connectivity index (χ1) is 6.87. The van der Waals surface area contributed by atoms with E-state index in [9.17, 15) is 8.42 Å². The predicted molar refractivity (Wildman–Crippen MR) is 66.3 cm³/mol. The van der Waals surface area contributed by atoms with E-state index in [-0.39, 0.29) is 16.9 Å². The Balaban J connectivity index is 3.55. The normalized spacial score (nSPS) is 14.5. The molecule has 1 N–H and O–H groups in total. The molecule has 1 unspecified atom stereocenters. The standard InChI is InChI=1S/C10H22ClNO2S/c1-4-15(13,14)6-5-12-8-10(11)7-9(2)3/h9-10,12H,4-8H2,1-3H3. The molecular formula is C10H22ClNO2S. The second kappa shape index (κ2) is 7.47. The van der Waals surface area contributed by atoms with Gasteiger partial charge in [-0.3, -0.25) is 0 Å². The molecule has 92 valence electrons. The highest BCUT2D eigenvalue weighted by Gasteiger charge is 2.09. The second-order valence-electron chi connectivity index (χ2n) is 4.17. The van der Waals surface area contributed by atoms with Crippen LogP contribution >= 0.6 is 11.6 Å². The van der Waals surface area contributed by atoms with Crippen LogP contribution in [0.3, 0.4) is 0 Å². The molecule has 1 atom stereocenters. The van der Waals surface area contributed by atoms with Gasteiger partial charge in [-0.1, -0.05) is 20.8 Å². The molecule has 0 rings (SSSR count). The minimum absolute atomic E-state index is 0.0920. The van der Waals surface area contributed by atoms with E-state index in [0.717, 1.165) is 6.42 Å². The zero-order valence-electron chi connectivity index (χ0n) is 9.79. The van der Waals surface area contributed by atoms with Crippen molar-refractivity contribution in [2.75, 3.05) is 24.6 Å². The van der Waals surface area contributed by atoms with Crippen LogP contribution in [-0.4, -0.2) is 38.4 Å². The summed E-state index contributed by atoms with van der Waals surface area (Å²) < 4.78 is 22.3. The van der Waals surface area contributed by atoms with Crippen LogP contribution in [0.5, 0.6) is 0 Å². The van der Waals surface area contributed by atoms with Crippen molar-refractivity contribution in [3.8, 4) is 0 Å². The summed E-state index contributed by atoms with van der Waals surface area (Å²) >= 11 is 6.05. The Kier molecular flexibility index (Phi) is 7.57. The number of sulfone groups is 1. The van der Waals surface area contributed by atoms with Gasteiger partial charge in [-0.25, -0.2) is 8.42 Å². The lowest BCUT2D eigenvalue weighted by atomic mass is 10.1. The van der Waals surface area contributed by atoms with Gasteiger partial charge in [-0.15, -0.1) is 11.6 Å². The largest absolute Gasteiger partial charge is 0.314 e. The molecular weight excluding hydrogens is 234 g/mol. The highest BCUT2D eigenvalue weighted by Crippen LogP contribution is 2.09. The molecule has 0 aromatic carbocycles. The Morgan fingerprint density at radius 2 is 1.93 bits per heavy atom. The van der Waals surface area contributed by atoms with E-state index < -0.39 is 9.84 Å². The van der Waals surface area contributed by atoms with E-state index in [1.165, 1.54) is 0 Å². The van der Waals surface area contributed by atoms with Crippen LogP contribution in [0, 0.1) is 5.92 Å². The van der Waals surface area contributed by atoms with Gasteiger partial charge in [0.15, 0.2) is 9.84 Å². The third kappa shape index (κ3) is 9.15. The van der Waals surface area contributed by atoms with Crippen LogP contribution in [0.1, 0.15) is 27.2 Å². The monoisotopic (exact) mass is 255 g/mol. The molecule has 0 saturated carbocycles. The SMILES string of the molecule is CCS(=O)(=O)CCNCC(Cl)CC(C)C. The van der Waals surface area contributed by atoms with Crippen molar-refractivity contribution >= 4 is 21.4 Å². The van der Waals surface area contributed by atoms with E-state index in [1.54, 1.807) is 6.92 Å². The zero-order valence-corrected chi connectivity index (χ0v) is 11.4. The van der Waals surface area contributed by atoms with Gasteiger partial charge in [0.05, 0.1) is 5.75 Å². The van der Waals surface area contributed by atoms with Crippen molar-refractivity contribution in [1.29, 1.82) is 0 Å². The lowest BCUT2D eigenvalue weighted by Gasteiger charge is -2.12. The van der Waals surface area contributed by atoms with Crippen LogP contribution < -0.4 is 5.32 Å². The molecule has 0 radical (unpaired) electrons. The quantitative estimate of drug-likeness (QED) is 0.530. The average molecular weight is 256 g/mol. The molecule has 0 heterocycles. The summed E-state index contributed by atoms with van der Waals surface area (Å²) in [7, 11) is -2.85. The van der Waals surface area contributed by atoms with Gasteiger partial charge in [0.1, 0.15) is 0 Å². The summed E-state index contributed by atoms with van der Waals surface area (Å²) in [6, 6.07) is 0. The molecule has 0 bridgehead atoms. The number of hydrogen-bond donors (Lipinski definition) is 1. The summed E-state index contributed by atoms with van der Waals surface area (Å²) in [6.45, 7) is 7.09. The minimum atomic E-state index is -2.85. The summed E-state index contributed by atoms with van der Waals surface area (Å²) in [5.74, 6) is 0.994. The van der Waals surface area contributed by atoms with Crippen LogP contribution in [0.2, 0.25) is 0 Å². The minimum Gasteiger partial charge on any atom is -0.314 e. The topological polar surface area (TPSA) is 46.2 Å². The number of rotatable bonds is 8. The van der Waals surface area contributed by atoms with E-state index in [0.29, 0.717) is 19.0 Å². The first kappa shape index (κ1) is 15.2. The molecule has 0 aromatic heterocycles. The lowest BCUT2D eigenvalue weighted by Crippen LogP contribution is -2.29. The van der Waals surface area contributed by atoms with Gasteiger partial charge in [-0.2, -0.15) is 0 Å². The Morgan fingerprint density at radius 3 is 2.40 bits per heavy atom. The summed E-state index contributed by atoms with van der Waals surface area (Å²) in [4.78, 5) is 0. The Bertz CT molecular complexity index is 252. The van der Waals surface area contributed by atoms with Crippen molar-refractivity contribution in [3.05, 3.63) is 0 Å². The van der Waals surface area contributed by atoms with Crippen molar-refractivity contribution < 1.29 is 8.42 Å². The Hall–Kier alpha value is 0.200. The number of hydrogen-bond acceptors (Lipinski definition) is 3. The van der Waals surface area contributed by atoms with Crippen molar-refractivity contribution in [3.63, 3.8) is 0 Å². The van der Waals surface area contributed by atoms with Gasteiger partial charge in [0, 0.05) is 24.2 Å². The molecule has 0 aliphatic carbocycles. The Morgan fingerprint density at radius 1 is 1.33 bits per heavy atom. The average Bonchev–Trinajstić information content (AvgIpc) is 2.11. The molecule has 0 spiro atoms. The van der Waals surface area contributed by atoms with E-state index in [4.69, 9.17) is 11.6 Å². The number of nitrogens with one attached hydrogen (secondary N) is 1. The van der Waals surface area contributed by atoms with Gasteiger partial charge in [0.25, 0.3) is 0 Å². The smallest absolute Gasteiger partial charge is 0.151 e. The third-order valence-corrected chi connectivity index (χ3v) is 4.16. The fourth-order valence-electron chi connectivity index (χ4n) is 1.23. The lowest BCUT2D eigenvalue weighted by molar-refractivity contribution is 0.537. The maximum Gasteiger partial charge on any atom is 0.151 e. The highest BCUT2D eigenvalue weighted by atomic mass is 35.5. The fourth-order valence-corrected chi connectivity index (χ4v) is 2.44. The summed E-state index contributed by atoms with van der Waals surface area (Å²) in [6.07, 6.45) is 0.953. The molecule has 0 fully saturated rings. The zero-order chi connectivity index (χ0) is 11.9. The van der Waals surface area contributed by atoms with Crippen LogP contribution in [0.4, 0.5) is 0 Å². The summed E-state index contributed by atoms with van der Waals surface area (Å²) in [5.41, 5.74) is 0. The first-order valence-corrected chi connectivity index (χ1v) is 7.68. The molecule has 3 nitrogen and oxygen atoms in total. The Labute approximate surface area is 98.5 Å². The summed E-state index contributed by atoms with van der Waals surface area (Å²) in [5, 5.41) is 3.16. The molecule has 0 saturated heterocycles. The fraction of sp³-hybridized carbons (Fsp3) is 1.00. The van der Waals surface area contributed by atoms with Gasteiger partial charge >= 0.3 is 0 Å². The molecule has 15 heavy (non-hydrogen) atoms. The van der Waals surface area contributed by atoms with Crippen LogP contribution in [-0.2, 0) is 9.84 Å². The molecule has 0 aliphatic rings. The number of halogens is 1. The maximum absolute atomic E-state index is 11.1. The number of alkyl halides is 1. The second-order valence-corrected chi connectivity index (χ2v) is 7.26. The maximum atomic E-state index is 11.1. The van der Waals surface area contributed by atoms with E-state index in [1.807, 2.05) is 0 Å². The molecule has 5 heteroatoms. The van der Waals surface area contributed by atoms with Gasteiger partial charge in [0.2, 0.25) is 0 Å². The van der Waals surface area contributed by atoms with Crippen LogP contribution in [0.25, 0.3) is 0 Å². The van der Waals surface area contributed by atoms with Crippen molar-refractivity contribution in [1.82, 2.24) is 5.32 Å². The highest BCUT2D eigenvalue weighted by molar-refractivity contribution is 7.91. The van der Waals surface area contributed by atoms with Crippen molar-refractivity contribution in [2.45, 2.75) is 32.6 Å². The first-order valence-electron chi connectivity index (χ1n) is 5.42. The molecule has 0 amide bonds. The molecule has 0 aromatic rings. The predicted octanol–water partition coefficient (Wildman–Crippen LogP) is 1.66. The van der Waals surface area contributed by atoms with E-state index in [2.05, 4.69) is 19.2 Å². The van der Waals surface area contributed by atoms with Gasteiger partial charge < -0.3 is 5.32 Å². The van der Waals surface area contributed by atoms with E-state index >= 15 is 0 Å².